The van der Waals surface area contributed by atoms with Crippen LogP contribution in [0.5, 0.6) is 0 Å². The molecule has 6 nitrogen and oxygen atoms in total. The van der Waals surface area contributed by atoms with Crippen molar-refractivity contribution >= 4 is 26.5 Å². The zero-order chi connectivity index (χ0) is 18.5. The van der Waals surface area contributed by atoms with Crippen LogP contribution in [-0.2, 0) is 20.9 Å². The summed E-state index contributed by atoms with van der Waals surface area (Å²) in [7, 11) is -4.97. The lowest BCUT2D eigenvalue weighted by atomic mass is 10.1. The predicted molar refractivity (Wildman–Crippen MR) is 73.5 cm³/mol. The molecule has 136 valence electrons. The number of oxime groups is 1. The number of aromatic nitrogens is 2. The lowest BCUT2D eigenvalue weighted by Gasteiger charge is -2.18. The van der Waals surface area contributed by atoms with Gasteiger partial charge >= 0.3 is 6.18 Å². The van der Waals surface area contributed by atoms with E-state index in [1.807, 2.05) is 0 Å². The van der Waals surface area contributed by atoms with Gasteiger partial charge in [-0.25, -0.2) is 17.2 Å². The third-order valence-electron chi connectivity index (χ3n) is 3.19. The molecule has 1 aliphatic heterocycles. The second-order valence-electron chi connectivity index (χ2n) is 5.61. The van der Waals surface area contributed by atoms with Crippen LogP contribution in [0, 0.1) is 0 Å². The first-order valence-electron chi connectivity index (χ1n) is 6.35. The van der Waals surface area contributed by atoms with E-state index in [2.05, 4.69) is 10.3 Å². The number of halogens is 6. The molecule has 1 unspecified atom stereocenters. The first-order valence-corrected chi connectivity index (χ1v) is 8.28. The molecule has 0 aliphatic carbocycles. The molecular weight excluding hydrogens is 385 g/mol. The van der Waals surface area contributed by atoms with Crippen LogP contribution < -0.4 is 0 Å². The SMILES string of the molecule is CC1(C)CC(S(=O)(=O)C(c2c(Cl)n[nH]c2C(F)(F)F)C(F)F)=NO1. The van der Waals surface area contributed by atoms with Gasteiger partial charge in [-0.2, -0.15) is 18.3 Å². The number of H-pyrrole nitrogens is 1. The Morgan fingerprint density at radius 3 is 2.33 bits per heavy atom. The standard InChI is InChI=1S/C11H11ClF5N3O3S/c1-10(2)3-4(20-23-10)24(21,22)6(9(13)14)5-7(11(15,16)17)18-19-8(5)12/h6,9H,3H2,1-2H3,(H,18,19). The second kappa shape index (κ2) is 5.83. The fourth-order valence-electron chi connectivity index (χ4n) is 2.12. The van der Waals surface area contributed by atoms with Gasteiger partial charge in [-0.1, -0.05) is 16.8 Å². The Labute approximate surface area is 137 Å². The van der Waals surface area contributed by atoms with Crippen LogP contribution in [0.15, 0.2) is 5.16 Å². The van der Waals surface area contributed by atoms with Gasteiger partial charge in [0.15, 0.2) is 15.4 Å². The molecule has 1 N–H and O–H groups in total. The normalized spacial score (nSPS) is 19.3. The van der Waals surface area contributed by atoms with Crippen molar-refractivity contribution in [3.63, 3.8) is 0 Å². The van der Waals surface area contributed by atoms with E-state index < -0.39 is 54.7 Å². The van der Waals surface area contributed by atoms with E-state index in [0.29, 0.717) is 0 Å². The molecule has 0 bridgehead atoms. The number of nitrogens with one attached hydrogen (secondary N) is 1. The van der Waals surface area contributed by atoms with Crippen molar-refractivity contribution in [3.05, 3.63) is 16.4 Å². The summed E-state index contributed by atoms with van der Waals surface area (Å²) in [4.78, 5) is 4.80. The van der Waals surface area contributed by atoms with Crippen molar-refractivity contribution in [1.29, 1.82) is 0 Å². The third kappa shape index (κ3) is 3.34. The van der Waals surface area contributed by atoms with Crippen LogP contribution in [0.4, 0.5) is 22.0 Å². The van der Waals surface area contributed by atoms with E-state index in [9.17, 15) is 30.4 Å². The van der Waals surface area contributed by atoms with Crippen LogP contribution in [0.1, 0.15) is 36.8 Å². The highest BCUT2D eigenvalue weighted by atomic mass is 35.5. The van der Waals surface area contributed by atoms with E-state index in [0.717, 1.165) is 0 Å². The highest BCUT2D eigenvalue weighted by Crippen LogP contribution is 2.43. The number of nitrogens with zero attached hydrogens (tertiary/aromatic N) is 2. The van der Waals surface area contributed by atoms with Gasteiger partial charge in [0.2, 0.25) is 9.84 Å². The molecule has 0 amide bonds. The molecule has 0 saturated carbocycles. The summed E-state index contributed by atoms with van der Waals surface area (Å²) in [6.45, 7) is 2.89. The minimum absolute atomic E-state index is 0.366. The maximum absolute atomic E-state index is 13.4. The Morgan fingerprint density at radius 1 is 1.33 bits per heavy atom. The fraction of sp³-hybridized carbons (Fsp3) is 0.636. The number of aromatic amines is 1. The number of sulfone groups is 1. The maximum atomic E-state index is 13.4. The summed E-state index contributed by atoms with van der Waals surface area (Å²) < 4.78 is 90.5. The zero-order valence-corrected chi connectivity index (χ0v) is 13.7. The summed E-state index contributed by atoms with van der Waals surface area (Å²) in [5, 5.41) is 3.04. The molecule has 13 heteroatoms. The second-order valence-corrected chi connectivity index (χ2v) is 8.04. The molecule has 0 aromatic carbocycles. The zero-order valence-electron chi connectivity index (χ0n) is 12.2. The average Bonchev–Trinajstić information content (AvgIpc) is 2.92. The van der Waals surface area contributed by atoms with Crippen molar-refractivity contribution in [1.82, 2.24) is 10.2 Å². The van der Waals surface area contributed by atoms with Crippen molar-refractivity contribution in [2.75, 3.05) is 0 Å². The molecule has 0 radical (unpaired) electrons. The molecule has 24 heavy (non-hydrogen) atoms. The monoisotopic (exact) mass is 395 g/mol. The summed E-state index contributed by atoms with van der Waals surface area (Å²) in [6.07, 6.45) is -9.21. The highest BCUT2D eigenvalue weighted by molar-refractivity contribution is 8.06. The van der Waals surface area contributed by atoms with Crippen LogP contribution in [0.25, 0.3) is 0 Å². The molecule has 0 saturated heterocycles. The molecule has 2 heterocycles. The Kier molecular flexibility index (Phi) is 4.59. The minimum atomic E-state index is -5.15. The largest absolute Gasteiger partial charge is 0.433 e. The minimum Gasteiger partial charge on any atom is -0.389 e. The van der Waals surface area contributed by atoms with Gasteiger partial charge in [-0.3, -0.25) is 5.10 Å². The Bertz CT molecular complexity index is 772. The summed E-state index contributed by atoms with van der Waals surface area (Å²) >= 11 is 5.45. The number of rotatable bonds is 3. The van der Waals surface area contributed by atoms with Crippen LogP contribution >= 0.6 is 11.6 Å². The lowest BCUT2D eigenvalue weighted by Crippen LogP contribution is -2.30. The van der Waals surface area contributed by atoms with Crippen LogP contribution in [0.2, 0.25) is 5.15 Å². The van der Waals surface area contributed by atoms with Gasteiger partial charge in [-0.05, 0) is 13.8 Å². The molecule has 2 rings (SSSR count). The molecular formula is C11H11ClF5N3O3S. The number of hydrogen-bond donors (Lipinski definition) is 1. The quantitative estimate of drug-likeness (QED) is 0.796. The molecule has 1 aliphatic rings. The van der Waals surface area contributed by atoms with Crippen LogP contribution in [-0.4, -0.2) is 35.7 Å². The van der Waals surface area contributed by atoms with Gasteiger partial charge in [0, 0.05) is 12.0 Å². The van der Waals surface area contributed by atoms with Crippen molar-refractivity contribution in [2.24, 2.45) is 5.16 Å². The highest BCUT2D eigenvalue weighted by Gasteiger charge is 2.50. The smallest absolute Gasteiger partial charge is 0.389 e. The Hall–Kier alpha value is -1.43. The van der Waals surface area contributed by atoms with E-state index >= 15 is 0 Å². The molecule has 0 fully saturated rings. The summed E-state index contributed by atoms with van der Waals surface area (Å²) in [5.74, 6) is 0. The maximum Gasteiger partial charge on any atom is 0.433 e. The third-order valence-corrected chi connectivity index (χ3v) is 5.46. The van der Waals surface area contributed by atoms with Crippen molar-refractivity contribution in [3.8, 4) is 0 Å². The Balaban J connectivity index is 2.59. The van der Waals surface area contributed by atoms with Gasteiger partial charge in [0.1, 0.15) is 11.3 Å². The molecule has 0 spiro atoms. The van der Waals surface area contributed by atoms with E-state index in [4.69, 9.17) is 16.4 Å². The van der Waals surface area contributed by atoms with Crippen LogP contribution in [0.3, 0.4) is 0 Å². The summed E-state index contributed by atoms with van der Waals surface area (Å²) in [5.41, 5.74) is -4.17. The molecule has 1 atom stereocenters. The topological polar surface area (TPSA) is 84.4 Å². The van der Waals surface area contributed by atoms with Gasteiger partial charge < -0.3 is 4.84 Å². The van der Waals surface area contributed by atoms with Crippen molar-refractivity contribution < 1.29 is 35.2 Å². The van der Waals surface area contributed by atoms with Crippen molar-refractivity contribution in [2.45, 2.75) is 43.7 Å². The molecule has 1 aromatic heterocycles. The lowest BCUT2D eigenvalue weighted by molar-refractivity contribution is -0.142. The first-order chi connectivity index (χ1) is 10.8. The van der Waals surface area contributed by atoms with Gasteiger partial charge in [0.05, 0.1) is 0 Å². The number of alkyl halides is 5. The molecule has 1 aromatic rings. The van der Waals surface area contributed by atoms with Gasteiger partial charge in [0.25, 0.3) is 6.43 Å². The summed E-state index contributed by atoms with van der Waals surface area (Å²) in [6, 6.07) is 0. The van der Waals surface area contributed by atoms with E-state index in [-0.39, 0.29) is 6.42 Å². The average molecular weight is 396 g/mol. The number of hydrogen-bond acceptors (Lipinski definition) is 5. The predicted octanol–water partition coefficient (Wildman–Crippen LogP) is 3.32. The van der Waals surface area contributed by atoms with Gasteiger partial charge in [-0.15, -0.1) is 0 Å². The van der Waals surface area contributed by atoms with E-state index in [1.165, 1.54) is 18.9 Å². The first kappa shape index (κ1) is 18.9. The fourth-order valence-corrected chi connectivity index (χ4v) is 4.24. The van der Waals surface area contributed by atoms with E-state index in [1.54, 1.807) is 0 Å². The Morgan fingerprint density at radius 2 is 1.92 bits per heavy atom.